The number of rotatable bonds is 2. The molecule has 0 bridgehead atoms. The van der Waals surface area contributed by atoms with Crippen molar-refractivity contribution in [2.75, 3.05) is 13.1 Å². The largest absolute Gasteiger partial charge is 0.396 e. The highest BCUT2D eigenvalue weighted by Crippen LogP contribution is 2.66. The number of amides is 1. The van der Waals surface area contributed by atoms with Gasteiger partial charge in [0.05, 0.1) is 17.3 Å². The molecule has 1 aromatic heterocycles. The van der Waals surface area contributed by atoms with Crippen LogP contribution in [0, 0.1) is 11.3 Å². The predicted molar refractivity (Wildman–Crippen MR) is 73.9 cm³/mol. The van der Waals surface area contributed by atoms with Gasteiger partial charge in [-0.25, -0.2) is 4.68 Å². The van der Waals surface area contributed by atoms with E-state index in [0.29, 0.717) is 0 Å². The topological polar surface area (TPSA) is 51.0 Å². The molecule has 4 rings (SSSR count). The van der Waals surface area contributed by atoms with Crippen LogP contribution < -0.4 is 0 Å². The van der Waals surface area contributed by atoms with Crippen molar-refractivity contribution in [3.05, 3.63) is 42.2 Å². The van der Waals surface area contributed by atoms with Crippen molar-refractivity contribution >= 4 is 5.91 Å². The average Bonchev–Trinajstić information content (AvgIpc) is 2.91. The Morgan fingerprint density at radius 3 is 2.65 bits per heavy atom. The Balaban J connectivity index is 1.52. The molecule has 0 spiro atoms. The maximum Gasteiger partial charge on any atom is 0.396 e. The third kappa shape index (κ3) is 2.12. The Morgan fingerprint density at radius 1 is 1.26 bits per heavy atom. The molecule has 120 valence electrons. The molecule has 1 saturated heterocycles. The molecule has 2 aliphatic rings. The molecule has 0 N–H and O–H groups in total. The van der Waals surface area contributed by atoms with Gasteiger partial charge in [0.2, 0.25) is 0 Å². The van der Waals surface area contributed by atoms with Gasteiger partial charge in [0.1, 0.15) is 0 Å². The summed E-state index contributed by atoms with van der Waals surface area (Å²) in [6.07, 6.45) is -2.69. The first-order chi connectivity index (χ1) is 10.9. The SMILES string of the molecule is O=C(c1cn(-c2ccccc2)nn1)N1CC2CC2(C(F)(F)F)C1. The van der Waals surface area contributed by atoms with Crippen LogP contribution in [0.15, 0.2) is 36.5 Å². The van der Waals surface area contributed by atoms with Crippen LogP contribution in [-0.4, -0.2) is 45.1 Å². The maximum atomic E-state index is 13.1. The van der Waals surface area contributed by atoms with E-state index in [0.717, 1.165) is 5.69 Å². The molecule has 2 aromatic rings. The number of hydrogen-bond donors (Lipinski definition) is 0. The van der Waals surface area contributed by atoms with Gasteiger partial charge in [0, 0.05) is 13.1 Å². The molecular formula is C15H13F3N4O. The molecule has 2 unspecified atom stereocenters. The van der Waals surface area contributed by atoms with Crippen LogP contribution in [0.2, 0.25) is 0 Å². The number of hydrogen-bond acceptors (Lipinski definition) is 3. The molecule has 0 radical (unpaired) electrons. The number of alkyl halides is 3. The summed E-state index contributed by atoms with van der Waals surface area (Å²) in [6.45, 7) is -0.144. The van der Waals surface area contributed by atoms with Crippen LogP contribution in [0.3, 0.4) is 0 Å². The van der Waals surface area contributed by atoms with Gasteiger partial charge in [0.15, 0.2) is 5.69 Å². The molecule has 1 aliphatic carbocycles. The van der Waals surface area contributed by atoms with E-state index in [-0.39, 0.29) is 25.2 Å². The lowest BCUT2D eigenvalue weighted by molar-refractivity contribution is -0.187. The van der Waals surface area contributed by atoms with E-state index in [4.69, 9.17) is 0 Å². The second-order valence-electron chi connectivity index (χ2n) is 6.12. The van der Waals surface area contributed by atoms with Crippen molar-refractivity contribution in [3.63, 3.8) is 0 Å². The number of carbonyl (C=O) groups excluding carboxylic acids is 1. The Kier molecular flexibility index (Phi) is 2.82. The van der Waals surface area contributed by atoms with Crippen molar-refractivity contribution in [3.8, 4) is 5.69 Å². The fourth-order valence-electron chi connectivity index (χ4n) is 3.31. The lowest BCUT2D eigenvalue weighted by atomic mass is 10.1. The van der Waals surface area contributed by atoms with Crippen molar-refractivity contribution in [1.29, 1.82) is 0 Å². The van der Waals surface area contributed by atoms with Crippen LogP contribution >= 0.6 is 0 Å². The van der Waals surface area contributed by atoms with Gasteiger partial charge in [0.25, 0.3) is 5.91 Å². The van der Waals surface area contributed by atoms with Gasteiger partial charge in [-0.05, 0) is 24.5 Å². The van der Waals surface area contributed by atoms with E-state index in [1.165, 1.54) is 15.8 Å². The Labute approximate surface area is 129 Å². The number of fused-ring (bicyclic) bond motifs is 1. The Morgan fingerprint density at radius 2 is 2.00 bits per heavy atom. The van der Waals surface area contributed by atoms with E-state index in [1.54, 1.807) is 12.1 Å². The van der Waals surface area contributed by atoms with Gasteiger partial charge in [-0.1, -0.05) is 23.4 Å². The van der Waals surface area contributed by atoms with E-state index in [1.807, 2.05) is 18.2 Å². The van der Waals surface area contributed by atoms with Gasteiger partial charge in [-0.3, -0.25) is 4.79 Å². The molecule has 8 heteroatoms. The monoisotopic (exact) mass is 322 g/mol. The van der Waals surface area contributed by atoms with Crippen molar-refractivity contribution < 1.29 is 18.0 Å². The van der Waals surface area contributed by atoms with Gasteiger partial charge >= 0.3 is 6.18 Å². The highest BCUT2D eigenvalue weighted by molar-refractivity contribution is 5.92. The molecule has 1 aliphatic heterocycles. The quantitative estimate of drug-likeness (QED) is 0.852. The smallest absolute Gasteiger partial charge is 0.336 e. The second-order valence-corrected chi connectivity index (χ2v) is 6.12. The number of piperidine rings is 1. The third-order valence-corrected chi connectivity index (χ3v) is 4.73. The fourth-order valence-corrected chi connectivity index (χ4v) is 3.31. The summed E-state index contributed by atoms with van der Waals surface area (Å²) in [5.74, 6) is -0.973. The highest BCUT2D eigenvalue weighted by Gasteiger charge is 2.74. The molecule has 5 nitrogen and oxygen atoms in total. The Bertz CT molecular complexity index is 758. The first-order valence-electron chi connectivity index (χ1n) is 7.24. The van der Waals surface area contributed by atoms with E-state index in [9.17, 15) is 18.0 Å². The van der Waals surface area contributed by atoms with Gasteiger partial charge < -0.3 is 4.90 Å². The van der Waals surface area contributed by atoms with Gasteiger partial charge in [-0.2, -0.15) is 13.2 Å². The number of carbonyl (C=O) groups is 1. The third-order valence-electron chi connectivity index (χ3n) is 4.73. The van der Waals surface area contributed by atoms with Gasteiger partial charge in [-0.15, -0.1) is 5.10 Å². The molecular weight excluding hydrogens is 309 g/mol. The molecule has 2 fully saturated rings. The Hall–Kier alpha value is -2.38. The van der Waals surface area contributed by atoms with Crippen LogP contribution in [0.1, 0.15) is 16.9 Å². The molecule has 1 saturated carbocycles. The lowest BCUT2D eigenvalue weighted by Crippen LogP contribution is -2.36. The minimum Gasteiger partial charge on any atom is -0.336 e. The first-order valence-corrected chi connectivity index (χ1v) is 7.24. The minimum atomic E-state index is -4.26. The van der Waals surface area contributed by atoms with Crippen LogP contribution in [0.25, 0.3) is 5.69 Å². The molecule has 2 atom stereocenters. The number of para-hydroxylation sites is 1. The fraction of sp³-hybridized carbons (Fsp3) is 0.400. The highest BCUT2D eigenvalue weighted by atomic mass is 19.4. The maximum absolute atomic E-state index is 13.1. The summed E-state index contributed by atoms with van der Waals surface area (Å²) >= 11 is 0. The summed E-state index contributed by atoms with van der Waals surface area (Å²) in [4.78, 5) is 13.6. The zero-order valence-corrected chi connectivity index (χ0v) is 12.0. The molecule has 1 aromatic carbocycles. The number of halogens is 3. The predicted octanol–water partition coefficient (Wildman–Crippen LogP) is 2.29. The summed E-state index contributed by atoms with van der Waals surface area (Å²) in [7, 11) is 0. The van der Waals surface area contributed by atoms with Crippen LogP contribution in [0.5, 0.6) is 0 Å². The van der Waals surface area contributed by atoms with E-state index in [2.05, 4.69) is 10.3 Å². The molecule has 1 amide bonds. The van der Waals surface area contributed by atoms with Crippen molar-refractivity contribution in [1.82, 2.24) is 19.9 Å². The van der Waals surface area contributed by atoms with Crippen LogP contribution in [-0.2, 0) is 0 Å². The number of nitrogens with zero attached hydrogens (tertiary/aromatic N) is 4. The lowest BCUT2D eigenvalue weighted by Gasteiger charge is -2.21. The number of benzene rings is 1. The standard InChI is InChI=1S/C15H13F3N4O/c16-15(17,18)14-6-10(14)7-21(9-14)13(23)12-8-22(20-19-12)11-4-2-1-3-5-11/h1-5,8,10H,6-7,9H2. The van der Waals surface area contributed by atoms with Crippen molar-refractivity contribution in [2.45, 2.75) is 12.6 Å². The number of aromatic nitrogens is 3. The van der Waals surface area contributed by atoms with E-state index < -0.39 is 23.4 Å². The van der Waals surface area contributed by atoms with Crippen LogP contribution in [0.4, 0.5) is 13.2 Å². The molecule has 2 heterocycles. The average molecular weight is 322 g/mol. The number of likely N-dealkylation sites (tertiary alicyclic amines) is 1. The first kappa shape index (κ1) is 14.2. The summed E-state index contributed by atoms with van der Waals surface area (Å²) in [5, 5.41) is 7.67. The second kappa shape index (κ2) is 4.56. The summed E-state index contributed by atoms with van der Waals surface area (Å²) in [5.41, 5.74) is -0.902. The molecule has 23 heavy (non-hydrogen) atoms. The van der Waals surface area contributed by atoms with Crippen molar-refractivity contribution in [2.24, 2.45) is 11.3 Å². The normalized spacial score (nSPS) is 26.2. The summed E-state index contributed by atoms with van der Waals surface area (Å²) < 4.78 is 40.7. The zero-order valence-electron chi connectivity index (χ0n) is 12.0. The summed E-state index contributed by atoms with van der Waals surface area (Å²) in [6, 6.07) is 9.08. The van der Waals surface area contributed by atoms with E-state index >= 15 is 0 Å². The zero-order chi connectivity index (χ0) is 16.2. The minimum absolute atomic E-state index is 0.0625.